The summed E-state index contributed by atoms with van der Waals surface area (Å²) < 4.78 is 0. The first-order valence-corrected chi connectivity index (χ1v) is 7.63. The van der Waals surface area contributed by atoms with Crippen molar-refractivity contribution in [2.24, 2.45) is 11.3 Å². The molecule has 20 heavy (non-hydrogen) atoms. The number of nitrogens with one attached hydrogen (secondary N) is 1. The van der Waals surface area contributed by atoms with Crippen molar-refractivity contribution < 1.29 is 4.79 Å². The largest absolute Gasteiger partial charge is 0.341 e. The Labute approximate surface area is 129 Å². The molecule has 2 unspecified atom stereocenters. The van der Waals surface area contributed by atoms with Crippen LogP contribution in [0.1, 0.15) is 34.1 Å². The lowest BCUT2D eigenvalue weighted by atomic mass is 9.81. The van der Waals surface area contributed by atoms with Crippen LogP contribution in [0.5, 0.6) is 0 Å². The number of piperazine rings is 1. The third-order valence-corrected chi connectivity index (χ3v) is 4.81. The SMILES string of the molecule is CC(C(=O)N1CCC(N2CCNCC2)C1)C(C)(C)C.Cl. The van der Waals surface area contributed by atoms with Crippen molar-refractivity contribution in [1.29, 1.82) is 0 Å². The monoisotopic (exact) mass is 303 g/mol. The summed E-state index contributed by atoms with van der Waals surface area (Å²) in [6.45, 7) is 14.8. The van der Waals surface area contributed by atoms with E-state index in [0.717, 1.165) is 45.7 Å². The molecule has 0 spiro atoms. The minimum absolute atomic E-state index is 0. The van der Waals surface area contributed by atoms with Gasteiger partial charge in [0.15, 0.2) is 0 Å². The summed E-state index contributed by atoms with van der Waals surface area (Å²) in [7, 11) is 0. The molecule has 0 radical (unpaired) electrons. The van der Waals surface area contributed by atoms with Gasteiger partial charge >= 0.3 is 0 Å². The quantitative estimate of drug-likeness (QED) is 0.841. The lowest BCUT2D eigenvalue weighted by molar-refractivity contribution is -0.137. The van der Waals surface area contributed by atoms with Crippen LogP contribution in [-0.2, 0) is 4.79 Å². The zero-order chi connectivity index (χ0) is 14.0. The third kappa shape index (κ3) is 4.09. The molecule has 1 amide bonds. The number of halogens is 1. The fourth-order valence-electron chi connectivity index (χ4n) is 2.93. The first kappa shape index (κ1) is 17.7. The zero-order valence-corrected chi connectivity index (χ0v) is 14.1. The minimum atomic E-state index is 0. The maximum Gasteiger partial charge on any atom is 0.225 e. The van der Waals surface area contributed by atoms with E-state index in [1.807, 2.05) is 0 Å². The highest BCUT2D eigenvalue weighted by Crippen LogP contribution is 2.29. The van der Waals surface area contributed by atoms with Gasteiger partial charge in [0.1, 0.15) is 0 Å². The van der Waals surface area contributed by atoms with Gasteiger partial charge in [0, 0.05) is 51.2 Å². The van der Waals surface area contributed by atoms with E-state index < -0.39 is 0 Å². The van der Waals surface area contributed by atoms with Gasteiger partial charge in [-0.1, -0.05) is 27.7 Å². The zero-order valence-electron chi connectivity index (χ0n) is 13.3. The van der Waals surface area contributed by atoms with Crippen molar-refractivity contribution in [3.05, 3.63) is 0 Å². The average Bonchev–Trinajstić information content (AvgIpc) is 2.86. The number of hydrogen-bond acceptors (Lipinski definition) is 3. The van der Waals surface area contributed by atoms with Crippen molar-refractivity contribution in [2.75, 3.05) is 39.3 Å². The molecule has 0 bridgehead atoms. The molecular weight excluding hydrogens is 274 g/mol. The Bertz CT molecular complexity index is 324. The van der Waals surface area contributed by atoms with Gasteiger partial charge in [-0.15, -0.1) is 12.4 Å². The Morgan fingerprint density at radius 1 is 1.20 bits per heavy atom. The first-order chi connectivity index (χ1) is 8.89. The molecule has 0 aromatic heterocycles. The number of amides is 1. The lowest BCUT2D eigenvalue weighted by Gasteiger charge is -2.33. The van der Waals surface area contributed by atoms with Crippen LogP contribution in [-0.4, -0.2) is 61.0 Å². The van der Waals surface area contributed by atoms with Crippen LogP contribution in [0, 0.1) is 11.3 Å². The van der Waals surface area contributed by atoms with Gasteiger partial charge in [0.2, 0.25) is 5.91 Å². The summed E-state index contributed by atoms with van der Waals surface area (Å²) in [5, 5.41) is 3.39. The second-order valence-electron chi connectivity index (χ2n) is 7.10. The number of carbonyl (C=O) groups excluding carboxylic acids is 1. The summed E-state index contributed by atoms with van der Waals surface area (Å²) in [6, 6.07) is 0.582. The van der Waals surface area contributed by atoms with Gasteiger partial charge in [0.25, 0.3) is 0 Å². The van der Waals surface area contributed by atoms with E-state index in [2.05, 4.69) is 42.8 Å². The van der Waals surface area contributed by atoms with Crippen LogP contribution >= 0.6 is 12.4 Å². The van der Waals surface area contributed by atoms with E-state index >= 15 is 0 Å². The Kier molecular flexibility index (Phi) is 6.29. The molecule has 1 N–H and O–H groups in total. The van der Waals surface area contributed by atoms with Gasteiger partial charge < -0.3 is 10.2 Å². The lowest BCUT2D eigenvalue weighted by Crippen LogP contribution is -2.49. The van der Waals surface area contributed by atoms with Crippen LogP contribution < -0.4 is 5.32 Å². The number of hydrogen-bond donors (Lipinski definition) is 1. The van der Waals surface area contributed by atoms with Crippen molar-refractivity contribution in [1.82, 2.24) is 15.1 Å². The van der Waals surface area contributed by atoms with E-state index in [1.54, 1.807) is 0 Å². The topological polar surface area (TPSA) is 35.6 Å². The molecule has 2 saturated heterocycles. The van der Waals surface area contributed by atoms with Crippen molar-refractivity contribution in [2.45, 2.75) is 40.2 Å². The van der Waals surface area contributed by atoms with E-state index in [0.29, 0.717) is 11.9 Å². The van der Waals surface area contributed by atoms with E-state index in [4.69, 9.17) is 0 Å². The second kappa shape index (κ2) is 7.10. The summed E-state index contributed by atoms with van der Waals surface area (Å²) in [5.41, 5.74) is 0.0597. The fourth-order valence-corrected chi connectivity index (χ4v) is 2.93. The van der Waals surface area contributed by atoms with Gasteiger partial charge in [-0.05, 0) is 11.8 Å². The standard InChI is InChI=1S/C15H29N3O.ClH/c1-12(15(2,3)4)14(19)18-8-5-13(11-18)17-9-6-16-7-10-17;/h12-13,16H,5-11H2,1-4H3;1H. The number of nitrogens with zero attached hydrogens (tertiary/aromatic N) is 2. The molecule has 5 heteroatoms. The number of carbonyl (C=O) groups is 1. The highest BCUT2D eigenvalue weighted by Gasteiger charge is 2.35. The molecule has 4 nitrogen and oxygen atoms in total. The Hall–Kier alpha value is -0.320. The van der Waals surface area contributed by atoms with Gasteiger partial charge in [-0.25, -0.2) is 0 Å². The maximum atomic E-state index is 12.5. The maximum absolute atomic E-state index is 12.5. The smallest absolute Gasteiger partial charge is 0.225 e. The van der Waals surface area contributed by atoms with Crippen LogP contribution in [0.25, 0.3) is 0 Å². The molecule has 118 valence electrons. The van der Waals surface area contributed by atoms with Crippen LogP contribution in [0.15, 0.2) is 0 Å². The predicted octanol–water partition coefficient (Wildman–Crippen LogP) is 1.60. The normalized spacial score (nSPS) is 26.2. The summed E-state index contributed by atoms with van der Waals surface area (Å²) >= 11 is 0. The Morgan fingerprint density at radius 3 is 2.35 bits per heavy atom. The second-order valence-corrected chi connectivity index (χ2v) is 7.10. The summed E-state index contributed by atoms with van der Waals surface area (Å²) in [6.07, 6.45) is 1.14. The highest BCUT2D eigenvalue weighted by molar-refractivity contribution is 5.85. The average molecular weight is 304 g/mol. The minimum Gasteiger partial charge on any atom is -0.341 e. The molecule has 2 fully saturated rings. The van der Waals surface area contributed by atoms with E-state index in [1.165, 1.54) is 0 Å². The molecule has 2 aliphatic heterocycles. The van der Waals surface area contributed by atoms with Gasteiger partial charge in [-0.2, -0.15) is 0 Å². The molecule has 0 aromatic carbocycles. The highest BCUT2D eigenvalue weighted by atomic mass is 35.5. The predicted molar refractivity (Wildman–Crippen MR) is 85.3 cm³/mol. The van der Waals surface area contributed by atoms with Crippen LogP contribution in [0.4, 0.5) is 0 Å². The Morgan fingerprint density at radius 2 is 1.80 bits per heavy atom. The van der Waals surface area contributed by atoms with Crippen molar-refractivity contribution in [3.8, 4) is 0 Å². The van der Waals surface area contributed by atoms with Crippen LogP contribution in [0.2, 0.25) is 0 Å². The fraction of sp³-hybridized carbons (Fsp3) is 0.933. The summed E-state index contributed by atoms with van der Waals surface area (Å²) in [5.74, 6) is 0.444. The first-order valence-electron chi connectivity index (χ1n) is 7.63. The summed E-state index contributed by atoms with van der Waals surface area (Å²) in [4.78, 5) is 17.1. The molecule has 0 aromatic rings. The van der Waals surface area contributed by atoms with Gasteiger partial charge in [0.05, 0.1) is 0 Å². The Balaban J connectivity index is 0.00000200. The molecule has 2 aliphatic rings. The molecule has 0 aliphatic carbocycles. The molecule has 2 rings (SSSR count). The van der Waals surface area contributed by atoms with Gasteiger partial charge in [-0.3, -0.25) is 9.69 Å². The number of likely N-dealkylation sites (tertiary alicyclic amines) is 1. The molecule has 0 saturated carbocycles. The molecular formula is C15H30ClN3O. The molecule has 2 atom stereocenters. The van der Waals surface area contributed by atoms with Crippen molar-refractivity contribution >= 4 is 18.3 Å². The molecule has 2 heterocycles. The van der Waals surface area contributed by atoms with E-state index in [-0.39, 0.29) is 23.7 Å². The van der Waals surface area contributed by atoms with Crippen LogP contribution in [0.3, 0.4) is 0 Å². The third-order valence-electron chi connectivity index (χ3n) is 4.81. The van der Waals surface area contributed by atoms with Crippen molar-refractivity contribution in [3.63, 3.8) is 0 Å². The number of rotatable bonds is 2. The van der Waals surface area contributed by atoms with E-state index in [9.17, 15) is 4.79 Å².